The first-order valence-electron chi connectivity index (χ1n) is 4.65. The molecule has 0 aliphatic heterocycles. The number of anilines is 1. The van der Waals surface area contributed by atoms with Crippen molar-refractivity contribution in [2.24, 2.45) is 0 Å². The molecule has 0 bridgehead atoms. The van der Waals surface area contributed by atoms with Gasteiger partial charge in [0.1, 0.15) is 11.9 Å². The molecule has 7 heteroatoms. The van der Waals surface area contributed by atoms with Crippen molar-refractivity contribution in [3.63, 3.8) is 0 Å². The van der Waals surface area contributed by atoms with Gasteiger partial charge in [0.15, 0.2) is 0 Å². The van der Waals surface area contributed by atoms with E-state index in [2.05, 4.69) is 0 Å². The van der Waals surface area contributed by atoms with Crippen LogP contribution in [0, 0.1) is 5.82 Å². The number of aliphatic hydroxyl groups is 2. The second kappa shape index (κ2) is 5.31. The quantitative estimate of drug-likeness (QED) is 0.605. The summed E-state index contributed by atoms with van der Waals surface area (Å²) in [6.45, 7) is 0. The van der Waals surface area contributed by atoms with Gasteiger partial charge in [-0.05, 0) is 12.1 Å². The number of carboxylic acids is 1. The molecule has 17 heavy (non-hydrogen) atoms. The van der Waals surface area contributed by atoms with E-state index in [4.69, 9.17) is 22.4 Å². The molecular weight excluding hydrogens is 253 g/mol. The van der Waals surface area contributed by atoms with Gasteiger partial charge in [0, 0.05) is 5.56 Å². The minimum Gasteiger partial charge on any atom is -0.481 e. The average molecular weight is 264 g/mol. The van der Waals surface area contributed by atoms with Crippen molar-refractivity contribution in [1.82, 2.24) is 0 Å². The summed E-state index contributed by atoms with van der Waals surface area (Å²) in [6.07, 6.45) is -3.89. The fourth-order valence-electron chi connectivity index (χ4n) is 1.35. The van der Waals surface area contributed by atoms with Crippen LogP contribution in [0.1, 0.15) is 18.1 Å². The van der Waals surface area contributed by atoms with E-state index in [0.29, 0.717) is 0 Å². The zero-order chi connectivity index (χ0) is 13.2. The summed E-state index contributed by atoms with van der Waals surface area (Å²) in [6, 6.07) is 1.85. The fraction of sp³-hybridized carbons (Fsp3) is 0.300. The highest BCUT2D eigenvalue weighted by molar-refractivity contribution is 6.33. The number of carboxylic acid groups (broad SMARTS) is 1. The van der Waals surface area contributed by atoms with Gasteiger partial charge in [-0.3, -0.25) is 4.79 Å². The van der Waals surface area contributed by atoms with Crippen LogP contribution in [0.15, 0.2) is 12.1 Å². The molecule has 0 aromatic heterocycles. The van der Waals surface area contributed by atoms with Crippen molar-refractivity contribution < 1.29 is 24.5 Å². The standard InChI is InChI=1S/C10H11ClFNO4/c11-6-2-4(12)1-5(9(6)13)10(17)7(14)3-8(15)16/h1-2,7,10,14,17H,3,13H2,(H,15,16). The van der Waals surface area contributed by atoms with Gasteiger partial charge in [0.2, 0.25) is 0 Å². The third-order valence-electron chi connectivity index (χ3n) is 2.19. The summed E-state index contributed by atoms with van der Waals surface area (Å²) < 4.78 is 13.0. The molecular formula is C10H11ClFNO4. The van der Waals surface area contributed by atoms with Crippen LogP contribution in [-0.4, -0.2) is 27.4 Å². The van der Waals surface area contributed by atoms with Crippen molar-refractivity contribution in [1.29, 1.82) is 0 Å². The Labute approximate surface area is 101 Å². The maximum Gasteiger partial charge on any atom is 0.306 e. The lowest BCUT2D eigenvalue weighted by molar-refractivity contribution is -0.141. The molecule has 0 fully saturated rings. The number of aliphatic carboxylic acids is 1. The highest BCUT2D eigenvalue weighted by Crippen LogP contribution is 2.31. The Hall–Kier alpha value is -1.37. The molecule has 1 aromatic rings. The van der Waals surface area contributed by atoms with Crippen LogP contribution < -0.4 is 5.73 Å². The zero-order valence-electron chi connectivity index (χ0n) is 8.60. The molecule has 0 heterocycles. The van der Waals surface area contributed by atoms with Gasteiger partial charge in [-0.25, -0.2) is 4.39 Å². The predicted molar refractivity (Wildman–Crippen MR) is 59.0 cm³/mol. The van der Waals surface area contributed by atoms with Crippen LogP contribution in [-0.2, 0) is 4.79 Å². The first kappa shape index (κ1) is 13.7. The number of hydrogen-bond acceptors (Lipinski definition) is 4. The topological polar surface area (TPSA) is 104 Å². The Kier molecular flexibility index (Phi) is 4.28. The van der Waals surface area contributed by atoms with Gasteiger partial charge in [0.25, 0.3) is 0 Å². The number of aliphatic hydroxyl groups excluding tert-OH is 2. The van der Waals surface area contributed by atoms with Gasteiger partial charge in [-0.15, -0.1) is 0 Å². The molecule has 0 radical (unpaired) electrons. The van der Waals surface area contributed by atoms with E-state index in [0.717, 1.165) is 12.1 Å². The molecule has 0 saturated heterocycles. The smallest absolute Gasteiger partial charge is 0.306 e. The Morgan fingerprint density at radius 1 is 1.47 bits per heavy atom. The molecule has 2 unspecified atom stereocenters. The van der Waals surface area contributed by atoms with Crippen molar-refractivity contribution in [3.05, 3.63) is 28.5 Å². The van der Waals surface area contributed by atoms with E-state index in [1.165, 1.54) is 0 Å². The van der Waals surface area contributed by atoms with E-state index in [-0.39, 0.29) is 16.3 Å². The van der Waals surface area contributed by atoms with Crippen molar-refractivity contribution >= 4 is 23.3 Å². The predicted octanol–water partition coefficient (Wildman–Crippen LogP) is 0.930. The summed E-state index contributed by atoms with van der Waals surface area (Å²) in [4.78, 5) is 10.4. The molecule has 2 atom stereocenters. The van der Waals surface area contributed by atoms with Crippen LogP contribution in [0.25, 0.3) is 0 Å². The lowest BCUT2D eigenvalue weighted by Gasteiger charge is -2.18. The first-order chi connectivity index (χ1) is 7.82. The number of nitrogen functional groups attached to an aromatic ring is 1. The summed E-state index contributed by atoms with van der Waals surface area (Å²) in [5.74, 6) is -2.03. The second-order valence-electron chi connectivity index (χ2n) is 3.50. The van der Waals surface area contributed by atoms with Crippen LogP contribution in [0.3, 0.4) is 0 Å². The number of hydrogen-bond donors (Lipinski definition) is 4. The molecule has 5 nitrogen and oxygen atoms in total. The molecule has 0 aliphatic carbocycles. The van der Waals surface area contributed by atoms with Crippen molar-refractivity contribution in [2.45, 2.75) is 18.6 Å². The number of nitrogens with two attached hydrogens (primary N) is 1. The van der Waals surface area contributed by atoms with Crippen LogP contribution >= 0.6 is 11.6 Å². The highest BCUT2D eigenvalue weighted by Gasteiger charge is 2.24. The average Bonchev–Trinajstić information content (AvgIpc) is 2.21. The van der Waals surface area contributed by atoms with Crippen LogP contribution in [0.5, 0.6) is 0 Å². The van der Waals surface area contributed by atoms with E-state index in [9.17, 15) is 19.4 Å². The van der Waals surface area contributed by atoms with Crippen molar-refractivity contribution in [2.75, 3.05) is 5.73 Å². The first-order valence-corrected chi connectivity index (χ1v) is 5.03. The summed E-state index contributed by atoms with van der Waals surface area (Å²) in [7, 11) is 0. The molecule has 0 saturated carbocycles. The van der Waals surface area contributed by atoms with Gasteiger partial charge in [0.05, 0.1) is 23.2 Å². The minimum atomic E-state index is -1.61. The molecule has 1 aromatic carbocycles. The Morgan fingerprint density at radius 3 is 2.59 bits per heavy atom. The molecule has 0 spiro atoms. The van der Waals surface area contributed by atoms with E-state index >= 15 is 0 Å². The third-order valence-corrected chi connectivity index (χ3v) is 2.51. The van der Waals surface area contributed by atoms with Gasteiger partial charge in [-0.1, -0.05) is 11.6 Å². The number of rotatable bonds is 4. The summed E-state index contributed by atoms with van der Waals surface area (Å²) >= 11 is 5.60. The highest BCUT2D eigenvalue weighted by atomic mass is 35.5. The monoisotopic (exact) mass is 263 g/mol. The zero-order valence-corrected chi connectivity index (χ0v) is 9.36. The molecule has 1 rings (SSSR count). The van der Waals surface area contributed by atoms with Gasteiger partial charge >= 0.3 is 5.97 Å². The van der Waals surface area contributed by atoms with Gasteiger partial charge < -0.3 is 21.1 Å². The summed E-state index contributed by atoms with van der Waals surface area (Å²) in [5.41, 5.74) is 5.28. The maximum absolute atomic E-state index is 13.0. The molecule has 5 N–H and O–H groups in total. The third kappa shape index (κ3) is 3.29. The SMILES string of the molecule is Nc1c(Cl)cc(F)cc1C(O)C(O)CC(=O)O. The Bertz CT molecular complexity index is 441. The number of benzene rings is 1. The molecule has 94 valence electrons. The molecule has 0 amide bonds. The normalized spacial score (nSPS) is 14.4. The van der Waals surface area contributed by atoms with Crippen LogP contribution in [0.2, 0.25) is 5.02 Å². The lowest BCUT2D eigenvalue weighted by atomic mass is 10.0. The minimum absolute atomic E-state index is 0.0926. The Morgan fingerprint density at radius 2 is 2.06 bits per heavy atom. The fourth-order valence-corrected chi connectivity index (χ4v) is 1.56. The lowest BCUT2D eigenvalue weighted by Crippen LogP contribution is -2.22. The van der Waals surface area contributed by atoms with Crippen molar-refractivity contribution in [3.8, 4) is 0 Å². The number of carbonyl (C=O) groups is 1. The van der Waals surface area contributed by atoms with E-state index in [1.807, 2.05) is 0 Å². The van der Waals surface area contributed by atoms with E-state index < -0.39 is 30.4 Å². The van der Waals surface area contributed by atoms with Gasteiger partial charge in [-0.2, -0.15) is 0 Å². The Balaban J connectivity index is 3.03. The summed E-state index contributed by atoms with van der Waals surface area (Å²) in [5, 5.41) is 27.4. The largest absolute Gasteiger partial charge is 0.481 e. The van der Waals surface area contributed by atoms with Crippen LogP contribution in [0.4, 0.5) is 10.1 Å². The maximum atomic E-state index is 13.0. The molecule has 0 aliphatic rings. The second-order valence-corrected chi connectivity index (χ2v) is 3.91. The van der Waals surface area contributed by atoms with E-state index in [1.54, 1.807) is 0 Å². The number of halogens is 2.